The maximum Gasteiger partial charge on any atom is 0.407 e. The van der Waals surface area contributed by atoms with Crippen molar-refractivity contribution >= 4 is 51.8 Å². The zero-order valence-corrected chi connectivity index (χ0v) is 30.4. The average Bonchev–Trinajstić information content (AvgIpc) is 3.99. The van der Waals surface area contributed by atoms with E-state index in [0.717, 1.165) is 77.5 Å². The van der Waals surface area contributed by atoms with Crippen molar-refractivity contribution in [3.63, 3.8) is 0 Å². The Hall–Kier alpha value is -5.04. The largest absolute Gasteiger partial charge is 0.453 e. The molecule has 0 bridgehead atoms. The Morgan fingerprint density at radius 3 is 2.42 bits per heavy atom. The van der Waals surface area contributed by atoms with Gasteiger partial charge in [-0.05, 0) is 66.5 Å². The van der Waals surface area contributed by atoms with Crippen molar-refractivity contribution in [3.05, 3.63) is 54.2 Å². The maximum absolute atomic E-state index is 13.6. The third kappa shape index (κ3) is 7.89. The number of anilines is 1. The lowest BCUT2D eigenvalue weighted by atomic mass is 9.96. The molecule has 2 aromatic carbocycles. The van der Waals surface area contributed by atoms with Crippen LogP contribution in [-0.2, 0) is 23.9 Å². The number of carbonyl (C=O) groups excluding carboxylic acids is 4. The van der Waals surface area contributed by atoms with Gasteiger partial charge in [-0.3, -0.25) is 24.5 Å². The molecule has 13 nitrogen and oxygen atoms in total. The summed E-state index contributed by atoms with van der Waals surface area (Å²) in [6, 6.07) is 12.8. The van der Waals surface area contributed by atoms with E-state index in [-0.39, 0.29) is 42.7 Å². The summed E-state index contributed by atoms with van der Waals surface area (Å²) < 4.78 is 9.83. The molecule has 6 rings (SSSR count). The number of rotatable bonds is 13. The number of fused-ring (bicyclic) bond motifs is 1. The number of alkyl carbamates (subject to hydrolysis) is 1. The van der Waals surface area contributed by atoms with Gasteiger partial charge >= 0.3 is 6.09 Å². The number of allylic oxidation sites excluding steroid dienone is 1. The van der Waals surface area contributed by atoms with Gasteiger partial charge in [0, 0.05) is 62.9 Å². The van der Waals surface area contributed by atoms with E-state index in [4.69, 9.17) is 14.5 Å². The average molecular weight is 712 g/mol. The molecular weight excluding hydrogens is 662 g/mol. The minimum atomic E-state index is -0.881. The fourth-order valence-corrected chi connectivity index (χ4v) is 7.61. The monoisotopic (exact) mass is 711 g/mol. The van der Waals surface area contributed by atoms with Crippen molar-refractivity contribution in [3.8, 4) is 11.1 Å². The number of aliphatic imine (C=N–C) groups is 1. The number of H-pyrrole nitrogens is 1. The molecular formula is C39H49N7O6. The normalized spacial score (nSPS) is 19.7. The number of aromatic nitrogens is 2. The topological polar surface area (TPSA) is 158 Å². The lowest BCUT2D eigenvalue weighted by molar-refractivity contribution is -0.138. The van der Waals surface area contributed by atoms with E-state index in [1.165, 1.54) is 19.1 Å². The summed E-state index contributed by atoms with van der Waals surface area (Å²) >= 11 is 0. The van der Waals surface area contributed by atoms with E-state index in [0.29, 0.717) is 25.2 Å². The van der Waals surface area contributed by atoms with Crippen LogP contribution in [0.1, 0.15) is 70.8 Å². The van der Waals surface area contributed by atoms with Gasteiger partial charge in [-0.1, -0.05) is 50.6 Å². The quantitative estimate of drug-likeness (QED) is 0.210. The number of hydrogen-bond donors (Lipinski definition) is 3. The summed E-state index contributed by atoms with van der Waals surface area (Å²) in [6.07, 6.45) is 7.23. The van der Waals surface area contributed by atoms with Gasteiger partial charge in [0.15, 0.2) is 5.82 Å². The van der Waals surface area contributed by atoms with Crippen molar-refractivity contribution in [2.45, 2.75) is 83.3 Å². The summed E-state index contributed by atoms with van der Waals surface area (Å²) in [5.74, 6) is -0.0383. The number of nitrogens with zero attached hydrogens (tertiary/aromatic N) is 4. The molecule has 2 fully saturated rings. The second-order valence-corrected chi connectivity index (χ2v) is 13.9. The molecule has 4 atom stereocenters. The van der Waals surface area contributed by atoms with Gasteiger partial charge < -0.3 is 29.9 Å². The predicted molar refractivity (Wildman–Crippen MR) is 200 cm³/mol. The van der Waals surface area contributed by atoms with Crippen LogP contribution >= 0.6 is 0 Å². The molecule has 3 aromatic rings. The van der Waals surface area contributed by atoms with Crippen LogP contribution in [0.3, 0.4) is 0 Å². The summed E-state index contributed by atoms with van der Waals surface area (Å²) in [7, 11) is 2.75. The summed E-state index contributed by atoms with van der Waals surface area (Å²) in [6.45, 7) is 5.61. The molecule has 0 aliphatic carbocycles. The summed E-state index contributed by atoms with van der Waals surface area (Å²) in [4.78, 5) is 60.5. The van der Waals surface area contributed by atoms with Crippen LogP contribution in [0.5, 0.6) is 0 Å². The molecule has 276 valence electrons. The van der Waals surface area contributed by atoms with Crippen LogP contribution < -0.4 is 10.6 Å². The van der Waals surface area contributed by atoms with Gasteiger partial charge in [0.05, 0.1) is 18.7 Å². The van der Waals surface area contributed by atoms with Crippen molar-refractivity contribution in [1.29, 1.82) is 0 Å². The van der Waals surface area contributed by atoms with Crippen molar-refractivity contribution in [2.24, 2.45) is 10.9 Å². The highest BCUT2D eigenvalue weighted by molar-refractivity contribution is 6.05. The fraction of sp³-hybridized carbons (Fsp3) is 0.487. The third-order valence-corrected chi connectivity index (χ3v) is 10.4. The van der Waals surface area contributed by atoms with E-state index in [1.807, 2.05) is 31.3 Å². The van der Waals surface area contributed by atoms with Crippen LogP contribution in [0.25, 0.3) is 27.6 Å². The number of aromatic amines is 1. The summed E-state index contributed by atoms with van der Waals surface area (Å²) in [5, 5.41) is 13.6. The minimum Gasteiger partial charge on any atom is -0.453 e. The van der Waals surface area contributed by atoms with Gasteiger partial charge in [0.25, 0.3) is 0 Å². The number of ether oxygens (including phenoxy) is 2. The zero-order valence-electron chi connectivity index (χ0n) is 30.4. The molecule has 2 saturated heterocycles. The highest BCUT2D eigenvalue weighted by Crippen LogP contribution is 2.33. The van der Waals surface area contributed by atoms with Gasteiger partial charge in [-0.15, -0.1) is 0 Å². The molecule has 3 aliphatic heterocycles. The molecule has 4 heterocycles. The first-order valence-electron chi connectivity index (χ1n) is 18.3. The molecule has 0 spiro atoms. The highest BCUT2D eigenvalue weighted by Gasteiger charge is 2.38. The van der Waals surface area contributed by atoms with Crippen molar-refractivity contribution in [2.75, 3.05) is 39.2 Å². The Labute approximate surface area is 304 Å². The molecule has 3 N–H and O–H groups in total. The first-order valence-corrected chi connectivity index (χ1v) is 18.3. The predicted octanol–water partition coefficient (Wildman–Crippen LogP) is 5.53. The van der Waals surface area contributed by atoms with Crippen molar-refractivity contribution in [1.82, 2.24) is 25.3 Å². The molecule has 1 aromatic heterocycles. The third-order valence-electron chi connectivity index (χ3n) is 10.4. The first kappa shape index (κ1) is 36.7. The van der Waals surface area contributed by atoms with Crippen LogP contribution in [0.2, 0.25) is 0 Å². The van der Waals surface area contributed by atoms with Gasteiger partial charge in [0.1, 0.15) is 12.1 Å². The molecule has 3 aliphatic rings. The number of hydrogen-bond acceptors (Lipinski definition) is 8. The van der Waals surface area contributed by atoms with Crippen LogP contribution in [0, 0.1) is 5.92 Å². The van der Waals surface area contributed by atoms with Crippen LogP contribution in [-0.4, -0.2) is 102 Å². The molecule has 52 heavy (non-hydrogen) atoms. The van der Waals surface area contributed by atoms with Gasteiger partial charge in [-0.25, -0.2) is 4.79 Å². The maximum atomic E-state index is 13.6. The van der Waals surface area contributed by atoms with E-state index in [1.54, 1.807) is 0 Å². The number of benzene rings is 2. The molecule has 0 radical (unpaired) electrons. The first-order chi connectivity index (χ1) is 25.2. The molecule has 13 heteroatoms. The zero-order chi connectivity index (χ0) is 36.8. The molecule has 0 unspecified atom stereocenters. The van der Waals surface area contributed by atoms with E-state index >= 15 is 0 Å². The van der Waals surface area contributed by atoms with Crippen LogP contribution in [0.15, 0.2) is 53.7 Å². The number of methoxy groups -OCH3 is 2. The Balaban J connectivity index is 1.11. The Kier molecular flexibility index (Phi) is 11.7. The standard InChI is InChI=1S/C39H49N7O6/c1-5-8-24(2)37(48)45-18-6-9-33(45)32-22-28(23-40-32)26-13-11-25(12-14-26)27-15-16-30-29(21-27)35(44-43-30)42-36(47)34-10-7-19-46(34)38(49)31(17-20-51-3)41-39(50)52-4/h11-16,21,23-24,31,33-34H,5-10,17-20,22H2,1-4H3,(H,41,50)(H2,42,43,44,47)/t24-,31-,33-,34-/m0/s1. The summed E-state index contributed by atoms with van der Waals surface area (Å²) in [5.41, 5.74) is 6.04. The molecule has 0 saturated carbocycles. The second-order valence-electron chi connectivity index (χ2n) is 13.9. The van der Waals surface area contributed by atoms with Gasteiger partial charge in [0.2, 0.25) is 17.7 Å². The van der Waals surface area contributed by atoms with Crippen molar-refractivity contribution < 1.29 is 28.7 Å². The van der Waals surface area contributed by atoms with E-state index in [2.05, 4.69) is 56.9 Å². The lowest BCUT2D eigenvalue weighted by Gasteiger charge is -2.28. The smallest absolute Gasteiger partial charge is 0.407 e. The Morgan fingerprint density at radius 1 is 0.942 bits per heavy atom. The lowest BCUT2D eigenvalue weighted by Crippen LogP contribution is -2.52. The second kappa shape index (κ2) is 16.5. The number of amides is 4. The number of nitrogens with one attached hydrogen (secondary N) is 3. The number of likely N-dealkylation sites (tertiary alicyclic amines) is 2. The van der Waals surface area contributed by atoms with E-state index in [9.17, 15) is 19.2 Å². The SMILES string of the molecule is CCC[C@H](C)C(=O)N1CCC[C@H]1C1=NC=C(c2ccc(-c3ccc4[nH]nc(NC(=O)[C@@H]5CCCN5C(=O)[C@H](CCOC)NC(=O)OC)c4c3)cc2)C1. The molecule has 4 amide bonds. The van der Waals surface area contributed by atoms with Crippen LogP contribution in [0.4, 0.5) is 10.6 Å². The number of carbonyl (C=O) groups is 4. The van der Waals surface area contributed by atoms with E-state index < -0.39 is 18.2 Å². The fourth-order valence-electron chi connectivity index (χ4n) is 7.61. The van der Waals surface area contributed by atoms with Gasteiger partial charge in [-0.2, -0.15) is 5.10 Å². The Bertz CT molecular complexity index is 1850. The highest BCUT2D eigenvalue weighted by atomic mass is 16.5. The minimum absolute atomic E-state index is 0.0390. The Morgan fingerprint density at radius 2 is 1.67 bits per heavy atom.